The Kier molecular flexibility index (Phi) is 7.68. The SMILES string of the molecule is CC(C)(C)OC(=O)N[C@@H](CN1C[C@@H]2C[C@@H]1C(=O)N2Cc1ccc(NC=O)cc1)C(=O)N1CCC[C@H]1C#N. The Hall–Kier alpha value is -3.65. The van der Waals surface area contributed by atoms with E-state index in [0.717, 1.165) is 12.0 Å². The highest BCUT2D eigenvalue weighted by Gasteiger charge is 2.50. The fourth-order valence-electron chi connectivity index (χ4n) is 5.35. The second kappa shape index (κ2) is 10.8. The second-order valence-corrected chi connectivity index (χ2v) is 10.8. The molecule has 11 heteroatoms. The zero-order valence-electron chi connectivity index (χ0n) is 21.5. The molecule has 3 heterocycles. The molecule has 0 spiro atoms. The molecule has 4 atom stereocenters. The smallest absolute Gasteiger partial charge is 0.408 e. The van der Waals surface area contributed by atoms with Crippen molar-refractivity contribution in [1.82, 2.24) is 20.0 Å². The molecule has 1 aromatic rings. The molecule has 3 aliphatic rings. The number of piperazine rings is 1. The van der Waals surface area contributed by atoms with Crippen molar-refractivity contribution in [2.24, 2.45) is 0 Å². The van der Waals surface area contributed by atoms with Gasteiger partial charge in [-0.25, -0.2) is 4.79 Å². The van der Waals surface area contributed by atoms with Crippen LogP contribution in [0, 0.1) is 11.3 Å². The van der Waals surface area contributed by atoms with Crippen LogP contribution in [0.5, 0.6) is 0 Å². The molecule has 0 radical (unpaired) electrons. The highest BCUT2D eigenvalue weighted by molar-refractivity contribution is 5.88. The highest BCUT2D eigenvalue weighted by Crippen LogP contribution is 2.33. The molecule has 1 aromatic carbocycles. The first kappa shape index (κ1) is 26.4. The van der Waals surface area contributed by atoms with Gasteiger partial charge >= 0.3 is 6.09 Å². The number of alkyl carbamates (subject to hydrolysis) is 1. The zero-order valence-corrected chi connectivity index (χ0v) is 21.5. The van der Waals surface area contributed by atoms with Crippen LogP contribution < -0.4 is 10.6 Å². The standard InChI is InChI=1S/C26H34N6O5/c1-26(2,3)37-25(36)29-21(23(34)31-10-4-5-19(31)12-27)15-30-14-20-11-22(30)24(35)32(20)13-17-6-8-18(9-7-17)28-16-33/h6-9,16,19-22H,4-5,10-11,13-15H2,1-3H3,(H,28,33)(H,29,36)/t19-,20-,21-,22+/m0/s1. The molecule has 2 bridgehead atoms. The summed E-state index contributed by atoms with van der Waals surface area (Å²) in [5, 5.41) is 14.8. The predicted molar refractivity (Wildman–Crippen MR) is 134 cm³/mol. The lowest BCUT2D eigenvalue weighted by Gasteiger charge is -2.36. The third kappa shape index (κ3) is 6.02. The number of anilines is 1. The second-order valence-electron chi connectivity index (χ2n) is 10.8. The monoisotopic (exact) mass is 510 g/mol. The average molecular weight is 511 g/mol. The number of carbonyl (C=O) groups excluding carboxylic acids is 4. The van der Waals surface area contributed by atoms with Crippen LogP contribution in [0.15, 0.2) is 24.3 Å². The van der Waals surface area contributed by atoms with E-state index in [9.17, 15) is 24.4 Å². The van der Waals surface area contributed by atoms with Crippen LogP contribution in [-0.4, -0.2) is 88.4 Å². The van der Waals surface area contributed by atoms with Gasteiger partial charge < -0.3 is 25.2 Å². The summed E-state index contributed by atoms with van der Waals surface area (Å²) >= 11 is 0. The number of likely N-dealkylation sites (tertiary alicyclic amines) is 3. The summed E-state index contributed by atoms with van der Waals surface area (Å²) in [6, 6.07) is 7.70. The molecule has 4 amide bonds. The van der Waals surface area contributed by atoms with Crippen LogP contribution in [0.1, 0.15) is 45.6 Å². The van der Waals surface area contributed by atoms with E-state index in [4.69, 9.17) is 4.74 Å². The number of nitrogens with one attached hydrogen (secondary N) is 2. The Morgan fingerprint density at radius 1 is 1.27 bits per heavy atom. The van der Waals surface area contributed by atoms with Gasteiger partial charge in [-0.05, 0) is 57.7 Å². The lowest BCUT2D eigenvalue weighted by atomic mass is 10.1. The summed E-state index contributed by atoms with van der Waals surface area (Å²) in [7, 11) is 0. The van der Waals surface area contributed by atoms with Crippen molar-refractivity contribution in [1.29, 1.82) is 5.26 Å². The number of rotatable bonds is 8. The van der Waals surface area contributed by atoms with E-state index in [2.05, 4.69) is 16.7 Å². The number of hydrogen-bond donors (Lipinski definition) is 2. The van der Waals surface area contributed by atoms with Crippen LogP contribution in [0.4, 0.5) is 10.5 Å². The lowest BCUT2D eigenvalue weighted by Crippen LogP contribution is -2.58. The van der Waals surface area contributed by atoms with Crippen LogP contribution in [0.2, 0.25) is 0 Å². The quantitative estimate of drug-likeness (QED) is 0.505. The molecule has 3 aliphatic heterocycles. The molecule has 198 valence electrons. The van der Waals surface area contributed by atoms with Gasteiger partial charge in [0.15, 0.2) is 0 Å². The maximum absolute atomic E-state index is 13.4. The largest absolute Gasteiger partial charge is 0.444 e. The maximum atomic E-state index is 13.4. The van der Waals surface area contributed by atoms with Crippen LogP contribution >= 0.6 is 0 Å². The number of ether oxygens (including phenoxy) is 1. The van der Waals surface area contributed by atoms with Gasteiger partial charge in [0.2, 0.25) is 18.2 Å². The summed E-state index contributed by atoms with van der Waals surface area (Å²) in [6.45, 7) is 6.91. The van der Waals surface area contributed by atoms with E-state index in [1.807, 2.05) is 21.9 Å². The molecule has 0 unspecified atom stereocenters. The molecule has 4 rings (SSSR count). The molecule has 37 heavy (non-hydrogen) atoms. The van der Waals surface area contributed by atoms with Crippen molar-refractivity contribution >= 4 is 30.0 Å². The van der Waals surface area contributed by atoms with Gasteiger partial charge in [0.1, 0.15) is 17.7 Å². The number of benzene rings is 1. The van der Waals surface area contributed by atoms with Crippen molar-refractivity contribution in [3.8, 4) is 6.07 Å². The Morgan fingerprint density at radius 2 is 2.00 bits per heavy atom. The number of nitriles is 1. The molecular weight excluding hydrogens is 476 g/mol. The molecule has 2 N–H and O–H groups in total. The number of nitrogens with zero attached hydrogens (tertiary/aromatic N) is 4. The molecule has 3 saturated heterocycles. The molecule has 11 nitrogen and oxygen atoms in total. The predicted octanol–water partition coefficient (Wildman–Crippen LogP) is 1.45. The minimum absolute atomic E-state index is 0.00111. The Morgan fingerprint density at radius 3 is 2.62 bits per heavy atom. The first-order chi connectivity index (χ1) is 17.6. The summed E-state index contributed by atoms with van der Waals surface area (Å²) in [4.78, 5) is 55.2. The van der Waals surface area contributed by atoms with Crippen molar-refractivity contribution < 1.29 is 23.9 Å². The lowest BCUT2D eigenvalue weighted by molar-refractivity contribution is -0.140. The first-order valence-electron chi connectivity index (χ1n) is 12.6. The van der Waals surface area contributed by atoms with E-state index in [1.54, 1.807) is 32.9 Å². The van der Waals surface area contributed by atoms with Gasteiger partial charge in [0.05, 0.1) is 12.1 Å². The van der Waals surface area contributed by atoms with E-state index in [-0.39, 0.29) is 30.4 Å². The van der Waals surface area contributed by atoms with Gasteiger partial charge in [-0.15, -0.1) is 0 Å². The molecule has 0 aliphatic carbocycles. The average Bonchev–Trinajstić information content (AvgIpc) is 3.54. The summed E-state index contributed by atoms with van der Waals surface area (Å²) < 4.78 is 5.39. The Bertz CT molecular complexity index is 1080. The van der Waals surface area contributed by atoms with Gasteiger partial charge in [-0.2, -0.15) is 5.26 Å². The Labute approximate surface area is 216 Å². The van der Waals surface area contributed by atoms with Crippen molar-refractivity contribution in [3.05, 3.63) is 29.8 Å². The summed E-state index contributed by atoms with van der Waals surface area (Å²) in [6.07, 6.45) is 1.91. The number of fused-ring (bicyclic) bond motifs is 2. The van der Waals surface area contributed by atoms with Crippen molar-refractivity contribution in [3.63, 3.8) is 0 Å². The van der Waals surface area contributed by atoms with E-state index in [1.165, 1.54) is 4.90 Å². The van der Waals surface area contributed by atoms with Crippen molar-refractivity contribution in [2.45, 2.75) is 76.3 Å². The van der Waals surface area contributed by atoms with Crippen LogP contribution in [0.3, 0.4) is 0 Å². The zero-order chi connectivity index (χ0) is 26.7. The fraction of sp³-hybridized carbons (Fsp3) is 0.577. The third-order valence-electron chi connectivity index (χ3n) is 7.01. The van der Waals surface area contributed by atoms with E-state index in [0.29, 0.717) is 44.6 Å². The fourth-order valence-corrected chi connectivity index (χ4v) is 5.35. The van der Waals surface area contributed by atoms with E-state index < -0.39 is 23.8 Å². The minimum atomic E-state index is -0.928. The maximum Gasteiger partial charge on any atom is 0.408 e. The molecular formula is C26H34N6O5. The van der Waals surface area contributed by atoms with Gasteiger partial charge in [-0.3, -0.25) is 19.3 Å². The normalized spacial score (nSPS) is 24.1. The summed E-state index contributed by atoms with van der Waals surface area (Å²) in [5.41, 5.74) is 0.912. The number of hydrogen-bond acceptors (Lipinski definition) is 7. The third-order valence-corrected chi connectivity index (χ3v) is 7.01. The van der Waals surface area contributed by atoms with Gasteiger partial charge in [-0.1, -0.05) is 12.1 Å². The van der Waals surface area contributed by atoms with E-state index >= 15 is 0 Å². The summed E-state index contributed by atoms with van der Waals surface area (Å²) in [5.74, 6) is -0.336. The Balaban J connectivity index is 1.43. The minimum Gasteiger partial charge on any atom is -0.444 e. The highest BCUT2D eigenvalue weighted by atomic mass is 16.6. The topological polar surface area (TPSA) is 135 Å². The molecule has 0 aromatic heterocycles. The molecule has 3 fully saturated rings. The van der Waals surface area contributed by atoms with Crippen molar-refractivity contribution in [2.75, 3.05) is 25.0 Å². The van der Waals surface area contributed by atoms with Gasteiger partial charge in [0, 0.05) is 37.9 Å². The molecule has 0 saturated carbocycles. The van der Waals surface area contributed by atoms with Gasteiger partial charge in [0.25, 0.3) is 0 Å². The number of amides is 4. The van der Waals surface area contributed by atoms with Crippen LogP contribution in [0.25, 0.3) is 0 Å². The number of carbonyl (C=O) groups is 4. The first-order valence-corrected chi connectivity index (χ1v) is 12.6. The van der Waals surface area contributed by atoms with Crippen LogP contribution in [-0.2, 0) is 25.7 Å².